The van der Waals surface area contributed by atoms with E-state index in [0.717, 1.165) is 12.3 Å². The van der Waals surface area contributed by atoms with Crippen molar-refractivity contribution in [1.29, 1.82) is 5.26 Å². The third kappa shape index (κ3) is 3.48. The molecule has 3 heteroatoms. The lowest BCUT2D eigenvalue weighted by Crippen LogP contribution is -2.27. The number of rotatable bonds is 5. The third-order valence-corrected chi connectivity index (χ3v) is 3.20. The molecule has 0 heterocycles. The smallest absolute Gasteiger partial charge is 0.122 e. The van der Waals surface area contributed by atoms with Crippen molar-refractivity contribution in [2.45, 2.75) is 39.3 Å². The molecule has 0 fully saturated rings. The molecule has 3 nitrogen and oxygen atoms in total. The molecule has 0 saturated carbocycles. The summed E-state index contributed by atoms with van der Waals surface area (Å²) < 4.78 is 5.37. The van der Waals surface area contributed by atoms with Gasteiger partial charge in [-0.1, -0.05) is 26.0 Å². The molecule has 98 valence electrons. The van der Waals surface area contributed by atoms with Crippen LogP contribution in [0.25, 0.3) is 0 Å². The molecule has 1 unspecified atom stereocenters. The van der Waals surface area contributed by atoms with E-state index in [1.165, 1.54) is 11.1 Å². The predicted molar refractivity (Wildman–Crippen MR) is 73.6 cm³/mol. The Labute approximate surface area is 110 Å². The third-order valence-electron chi connectivity index (χ3n) is 3.20. The van der Waals surface area contributed by atoms with Crippen molar-refractivity contribution in [2.75, 3.05) is 14.2 Å². The maximum Gasteiger partial charge on any atom is 0.122 e. The van der Waals surface area contributed by atoms with E-state index in [9.17, 15) is 0 Å². The van der Waals surface area contributed by atoms with Gasteiger partial charge in [0.2, 0.25) is 0 Å². The molecule has 0 spiro atoms. The van der Waals surface area contributed by atoms with Gasteiger partial charge in [-0.2, -0.15) is 5.26 Å². The van der Waals surface area contributed by atoms with Crippen molar-refractivity contribution < 1.29 is 4.74 Å². The van der Waals surface area contributed by atoms with Crippen LogP contribution in [0.3, 0.4) is 0 Å². The van der Waals surface area contributed by atoms with Crippen LogP contribution in [-0.2, 0) is 6.54 Å². The number of methoxy groups -OCH3 is 1. The molecule has 0 bridgehead atoms. The zero-order chi connectivity index (χ0) is 13.7. The second kappa shape index (κ2) is 6.42. The van der Waals surface area contributed by atoms with Crippen molar-refractivity contribution >= 4 is 0 Å². The second-order valence-corrected chi connectivity index (χ2v) is 4.95. The first-order chi connectivity index (χ1) is 8.49. The molecule has 0 aliphatic heterocycles. The zero-order valence-corrected chi connectivity index (χ0v) is 11.9. The van der Waals surface area contributed by atoms with E-state index < -0.39 is 0 Å². The van der Waals surface area contributed by atoms with E-state index >= 15 is 0 Å². The quantitative estimate of drug-likeness (QED) is 0.800. The number of hydrogen-bond donors (Lipinski definition) is 0. The lowest BCUT2D eigenvalue weighted by Gasteiger charge is -2.20. The average Bonchev–Trinajstić information content (AvgIpc) is 2.37. The minimum Gasteiger partial charge on any atom is -0.496 e. The van der Waals surface area contributed by atoms with Crippen molar-refractivity contribution in [3.63, 3.8) is 0 Å². The van der Waals surface area contributed by atoms with Gasteiger partial charge in [-0.05, 0) is 37.1 Å². The van der Waals surface area contributed by atoms with Crippen molar-refractivity contribution in [3.05, 3.63) is 29.3 Å². The molecule has 1 atom stereocenters. The summed E-state index contributed by atoms with van der Waals surface area (Å²) in [4.78, 5) is 2.03. The minimum atomic E-state index is -0.0744. The summed E-state index contributed by atoms with van der Waals surface area (Å²) in [5.74, 6) is 1.36. The lowest BCUT2D eigenvalue weighted by atomic mass is 9.99. The molecule has 1 aromatic rings. The first-order valence-corrected chi connectivity index (χ1v) is 6.26. The first kappa shape index (κ1) is 14.5. The fraction of sp³-hybridized carbons (Fsp3) is 0.533. The number of hydrogen-bond acceptors (Lipinski definition) is 3. The molecule has 1 aromatic carbocycles. The highest BCUT2D eigenvalue weighted by molar-refractivity contribution is 5.39. The van der Waals surface area contributed by atoms with Gasteiger partial charge < -0.3 is 4.74 Å². The fourth-order valence-electron chi connectivity index (χ4n) is 1.86. The Morgan fingerprint density at radius 2 is 2.00 bits per heavy atom. The van der Waals surface area contributed by atoms with Crippen molar-refractivity contribution in [3.8, 4) is 11.8 Å². The first-order valence-electron chi connectivity index (χ1n) is 6.26. The normalized spacial score (nSPS) is 12.6. The molecule has 0 aliphatic rings. The number of ether oxygens (including phenoxy) is 1. The Kier molecular flexibility index (Phi) is 5.18. The summed E-state index contributed by atoms with van der Waals surface area (Å²) in [6, 6.07) is 8.41. The number of nitriles is 1. The predicted octanol–water partition coefficient (Wildman–Crippen LogP) is 3.16. The molecule has 0 aliphatic carbocycles. The molecule has 0 saturated heterocycles. The highest BCUT2D eigenvalue weighted by Crippen LogP contribution is 2.27. The van der Waals surface area contributed by atoms with Gasteiger partial charge in [0.05, 0.1) is 19.2 Å². The van der Waals surface area contributed by atoms with Gasteiger partial charge in [-0.15, -0.1) is 0 Å². The average molecular weight is 246 g/mol. The van der Waals surface area contributed by atoms with Crippen molar-refractivity contribution in [1.82, 2.24) is 4.90 Å². The fourth-order valence-corrected chi connectivity index (χ4v) is 1.86. The Bertz CT molecular complexity index is 435. The summed E-state index contributed by atoms with van der Waals surface area (Å²) in [6.45, 7) is 7.00. The van der Waals surface area contributed by atoms with Crippen LogP contribution in [0.15, 0.2) is 18.2 Å². The van der Waals surface area contributed by atoms with Gasteiger partial charge >= 0.3 is 0 Å². The van der Waals surface area contributed by atoms with Gasteiger partial charge in [0, 0.05) is 6.54 Å². The summed E-state index contributed by atoms with van der Waals surface area (Å²) in [5, 5.41) is 8.90. The van der Waals surface area contributed by atoms with Crippen LogP contribution >= 0.6 is 0 Å². The van der Waals surface area contributed by atoms with E-state index in [1.54, 1.807) is 7.11 Å². The minimum absolute atomic E-state index is 0.0744. The van der Waals surface area contributed by atoms with E-state index in [2.05, 4.69) is 32.0 Å². The molecule has 0 radical (unpaired) electrons. The van der Waals surface area contributed by atoms with Crippen LogP contribution in [0.5, 0.6) is 5.75 Å². The second-order valence-electron chi connectivity index (χ2n) is 4.95. The lowest BCUT2D eigenvalue weighted by molar-refractivity contribution is 0.294. The Hall–Kier alpha value is -1.53. The Morgan fingerprint density at radius 1 is 1.33 bits per heavy atom. The van der Waals surface area contributed by atoms with Gasteiger partial charge in [-0.25, -0.2) is 0 Å². The maximum absolute atomic E-state index is 8.90. The molecule has 1 rings (SSSR count). The summed E-state index contributed by atoms with van der Waals surface area (Å²) in [5.41, 5.74) is 2.43. The molecule has 0 aromatic heterocycles. The van der Waals surface area contributed by atoms with Crippen LogP contribution in [0.1, 0.15) is 37.8 Å². The van der Waals surface area contributed by atoms with Crippen molar-refractivity contribution in [2.24, 2.45) is 0 Å². The topological polar surface area (TPSA) is 36.3 Å². The van der Waals surface area contributed by atoms with Gasteiger partial charge in [0.25, 0.3) is 0 Å². The van der Waals surface area contributed by atoms with Crippen LogP contribution in [0.4, 0.5) is 0 Å². The highest BCUT2D eigenvalue weighted by atomic mass is 16.5. The molecule has 0 N–H and O–H groups in total. The maximum atomic E-state index is 8.90. The SMILES string of the molecule is COc1ccc(CN(C)C(C)C#N)cc1C(C)C. The Morgan fingerprint density at radius 3 is 2.50 bits per heavy atom. The molecule has 0 amide bonds. The number of benzene rings is 1. The van der Waals surface area contributed by atoms with Gasteiger partial charge in [0.1, 0.15) is 5.75 Å². The number of nitrogens with zero attached hydrogens (tertiary/aromatic N) is 2. The van der Waals surface area contributed by atoms with E-state index in [4.69, 9.17) is 10.00 Å². The van der Waals surface area contributed by atoms with E-state index in [0.29, 0.717) is 5.92 Å². The van der Waals surface area contributed by atoms with Crippen LogP contribution < -0.4 is 4.74 Å². The summed E-state index contributed by atoms with van der Waals surface area (Å²) in [6.07, 6.45) is 0. The molecular formula is C15H22N2O. The van der Waals surface area contributed by atoms with Crippen LogP contribution in [-0.4, -0.2) is 25.1 Å². The molecular weight excluding hydrogens is 224 g/mol. The summed E-state index contributed by atoms with van der Waals surface area (Å²) in [7, 11) is 3.66. The van der Waals surface area contributed by atoms with Gasteiger partial charge in [0.15, 0.2) is 0 Å². The Balaban J connectivity index is 2.92. The van der Waals surface area contributed by atoms with E-state index in [1.807, 2.05) is 24.9 Å². The largest absolute Gasteiger partial charge is 0.496 e. The zero-order valence-electron chi connectivity index (χ0n) is 11.9. The summed E-state index contributed by atoms with van der Waals surface area (Å²) >= 11 is 0. The standard InChI is InChI=1S/C15H22N2O/c1-11(2)14-8-13(6-7-15(14)18-5)10-17(4)12(3)9-16/h6-8,11-12H,10H2,1-5H3. The van der Waals surface area contributed by atoms with Crippen LogP contribution in [0, 0.1) is 11.3 Å². The highest BCUT2D eigenvalue weighted by Gasteiger charge is 2.11. The monoisotopic (exact) mass is 246 g/mol. The van der Waals surface area contributed by atoms with Crippen LogP contribution in [0.2, 0.25) is 0 Å². The van der Waals surface area contributed by atoms with Gasteiger partial charge in [-0.3, -0.25) is 4.90 Å². The molecule has 18 heavy (non-hydrogen) atoms. The van der Waals surface area contributed by atoms with E-state index in [-0.39, 0.29) is 6.04 Å².